The highest BCUT2D eigenvalue weighted by atomic mass is 35.5. The van der Waals surface area contributed by atoms with Gasteiger partial charge in [-0.05, 0) is 45.4 Å². The zero-order chi connectivity index (χ0) is 16.1. The summed E-state index contributed by atoms with van der Waals surface area (Å²) >= 11 is 6.05. The Morgan fingerprint density at radius 3 is 2.68 bits per heavy atom. The summed E-state index contributed by atoms with van der Waals surface area (Å²) in [6.45, 7) is 9.32. The molecule has 0 radical (unpaired) electrons. The fourth-order valence-corrected chi connectivity index (χ4v) is 3.17. The Morgan fingerprint density at radius 2 is 2.05 bits per heavy atom. The first-order chi connectivity index (χ1) is 10.5. The standard InChI is InChI=1S/C17H26ClNO3/c1-4-21-17-6-5-14(18)9-15(17)16(20)7-8-19-10-12(2)22-13(3)11-19/h5-6,9,12-13,16,20H,4,7-8,10-11H2,1-3H3. The SMILES string of the molecule is CCOc1ccc(Cl)cc1C(O)CCN1CC(C)OC(C)C1. The van der Waals surface area contributed by atoms with Gasteiger partial charge in [-0.3, -0.25) is 4.90 Å². The van der Waals surface area contributed by atoms with Crippen LogP contribution in [0.3, 0.4) is 0 Å². The smallest absolute Gasteiger partial charge is 0.125 e. The van der Waals surface area contributed by atoms with Crippen LogP contribution in [0.5, 0.6) is 5.75 Å². The van der Waals surface area contributed by atoms with E-state index in [9.17, 15) is 5.11 Å². The van der Waals surface area contributed by atoms with E-state index in [1.165, 1.54) is 0 Å². The van der Waals surface area contributed by atoms with Crippen molar-refractivity contribution in [2.45, 2.75) is 45.5 Å². The van der Waals surface area contributed by atoms with Crippen LogP contribution in [0.4, 0.5) is 0 Å². The maximum Gasteiger partial charge on any atom is 0.125 e. The number of aliphatic hydroxyl groups is 1. The Hall–Kier alpha value is -0.810. The van der Waals surface area contributed by atoms with Crippen molar-refractivity contribution >= 4 is 11.6 Å². The average Bonchev–Trinajstić information content (AvgIpc) is 2.46. The summed E-state index contributed by atoms with van der Waals surface area (Å²) in [5.41, 5.74) is 0.767. The van der Waals surface area contributed by atoms with Crippen LogP contribution in [0.25, 0.3) is 0 Å². The van der Waals surface area contributed by atoms with Crippen LogP contribution < -0.4 is 4.74 Å². The number of morpholine rings is 1. The Labute approximate surface area is 138 Å². The van der Waals surface area contributed by atoms with E-state index in [1.807, 2.05) is 13.0 Å². The fraction of sp³-hybridized carbons (Fsp3) is 0.647. The van der Waals surface area contributed by atoms with Gasteiger partial charge in [-0.2, -0.15) is 0 Å². The van der Waals surface area contributed by atoms with Gasteiger partial charge in [0.05, 0.1) is 24.9 Å². The lowest BCUT2D eigenvalue weighted by Gasteiger charge is -2.35. The third kappa shape index (κ3) is 4.85. The van der Waals surface area contributed by atoms with Crippen LogP contribution in [-0.4, -0.2) is 48.5 Å². The minimum Gasteiger partial charge on any atom is -0.493 e. The van der Waals surface area contributed by atoms with Crippen LogP contribution in [-0.2, 0) is 4.74 Å². The molecule has 0 amide bonds. The van der Waals surface area contributed by atoms with Crippen molar-refractivity contribution in [2.24, 2.45) is 0 Å². The minimum atomic E-state index is -0.575. The predicted molar refractivity (Wildman–Crippen MR) is 88.6 cm³/mol. The van der Waals surface area contributed by atoms with Crippen molar-refractivity contribution in [3.05, 3.63) is 28.8 Å². The first-order valence-electron chi connectivity index (χ1n) is 7.97. The Kier molecular flexibility index (Phi) is 6.50. The average molecular weight is 328 g/mol. The molecule has 0 spiro atoms. The van der Waals surface area contributed by atoms with Crippen LogP contribution in [0, 0.1) is 0 Å². The van der Waals surface area contributed by atoms with Gasteiger partial charge in [-0.25, -0.2) is 0 Å². The van der Waals surface area contributed by atoms with E-state index in [2.05, 4.69) is 18.7 Å². The third-order valence-electron chi connectivity index (χ3n) is 3.84. The second-order valence-corrected chi connectivity index (χ2v) is 6.37. The highest BCUT2D eigenvalue weighted by Crippen LogP contribution is 2.30. The normalized spacial score (nSPS) is 24.2. The molecular formula is C17H26ClNO3. The van der Waals surface area contributed by atoms with Gasteiger partial charge in [0, 0.05) is 30.2 Å². The van der Waals surface area contributed by atoms with Crippen molar-refractivity contribution in [1.82, 2.24) is 4.90 Å². The van der Waals surface area contributed by atoms with E-state index < -0.39 is 6.10 Å². The molecule has 22 heavy (non-hydrogen) atoms. The van der Waals surface area contributed by atoms with Gasteiger partial charge in [0.15, 0.2) is 0 Å². The molecule has 2 rings (SSSR count). The van der Waals surface area contributed by atoms with Crippen molar-refractivity contribution < 1.29 is 14.6 Å². The summed E-state index contributed by atoms with van der Waals surface area (Å²) in [5, 5.41) is 11.1. The van der Waals surface area contributed by atoms with Gasteiger partial charge in [0.25, 0.3) is 0 Å². The monoisotopic (exact) mass is 327 g/mol. The van der Waals surface area contributed by atoms with Crippen molar-refractivity contribution in [3.63, 3.8) is 0 Å². The summed E-state index contributed by atoms with van der Waals surface area (Å²) in [7, 11) is 0. The van der Waals surface area contributed by atoms with E-state index in [0.717, 1.165) is 25.2 Å². The van der Waals surface area contributed by atoms with Gasteiger partial charge in [-0.1, -0.05) is 11.6 Å². The Balaban J connectivity index is 1.97. The summed E-state index contributed by atoms with van der Waals surface area (Å²) in [4.78, 5) is 2.34. The van der Waals surface area contributed by atoms with E-state index in [4.69, 9.17) is 21.1 Å². The quantitative estimate of drug-likeness (QED) is 0.870. The molecule has 124 valence electrons. The topological polar surface area (TPSA) is 41.9 Å². The van der Waals surface area contributed by atoms with Gasteiger partial charge < -0.3 is 14.6 Å². The number of ether oxygens (including phenoxy) is 2. The maximum absolute atomic E-state index is 10.5. The molecule has 1 fully saturated rings. The van der Waals surface area contributed by atoms with Gasteiger partial charge >= 0.3 is 0 Å². The number of benzene rings is 1. The summed E-state index contributed by atoms with van der Waals surface area (Å²) in [6, 6.07) is 5.40. The molecule has 1 saturated heterocycles. The second kappa shape index (κ2) is 8.16. The van der Waals surface area contributed by atoms with Crippen LogP contribution in [0.15, 0.2) is 18.2 Å². The van der Waals surface area contributed by atoms with Crippen LogP contribution in [0.1, 0.15) is 38.9 Å². The molecule has 5 heteroatoms. The largest absolute Gasteiger partial charge is 0.493 e. The molecule has 1 heterocycles. The van der Waals surface area contributed by atoms with E-state index in [-0.39, 0.29) is 12.2 Å². The molecule has 0 aliphatic carbocycles. The molecule has 1 N–H and O–H groups in total. The van der Waals surface area contributed by atoms with E-state index >= 15 is 0 Å². The second-order valence-electron chi connectivity index (χ2n) is 5.94. The predicted octanol–water partition coefficient (Wildman–Crippen LogP) is 3.27. The molecule has 1 aromatic carbocycles. The highest BCUT2D eigenvalue weighted by Gasteiger charge is 2.23. The van der Waals surface area contributed by atoms with E-state index in [0.29, 0.717) is 23.8 Å². The van der Waals surface area contributed by atoms with Gasteiger partial charge in [-0.15, -0.1) is 0 Å². The number of hydrogen-bond donors (Lipinski definition) is 1. The lowest BCUT2D eigenvalue weighted by atomic mass is 10.0. The summed E-state index contributed by atoms with van der Waals surface area (Å²) in [5.74, 6) is 0.711. The molecule has 0 saturated carbocycles. The molecular weight excluding hydrogens is 302 g/mol. The Morgan fingerprint density at radius 1 is 1.36 bits per heavy atom. The number of aliphatic hydroxyl groups excluding tert-OH is 1. The van der Waals surface area contributed by atoms with Gasteiger partial charge in [0.2, 0.25) is 0 Å². The van der Waals surface area contributed by atoms with Crippen molar-refractivity contribution in [3.8, 4) is 5.75 Å². The Bertz CT molecular complexity index is 473. The number of nitrogens with zero attached hydrogens (tertiary/aromatic N) is 1. The molecule has 0 bridgehead atoms. The third-order valence-corrected chi connectivity index (χ3v) is 4.08. The zero-order valence-electron chi connectivity index (χ0n) is 13.6. The molecule has 3 unspecified atom stereocenters. The highest BCUT2D eigenvalue weighted by molar-refractivity contribution is 6.30. The lowest BCUT2D eigenvalue weighted by Crippen LogP contribution is -2.45. The van der Waals surface area contributed by atoms with Crippen LogP contribution in [0.2, 0.25) is 5.02 Å². The number of hydrogen-bond acceptors (Lipinski definition) is 4. The zero-order valence-corrected chi connectivity index (χ0v) is 14.3. The molecule has 4 nitrogen and oxygen atoms in total. The number of halogens is 1. The molecule has 3 atom stereocenters. The summed E-state index contributed by atoms with van der Waals surface area (Å²) in [6.07, 6.45) is 0.561. The molecule has 1 aliphatic rings. The lowest BCUT2D eigenvalue weighted by molar-refractivity contribution is -0.0703. The molecule has 0 aromatic heterocycles. The fourth-order valence-electron chi connectivity index (χ4n) is 2.99. The van der Waals surface area contributed by atoms with E-state index in [1.54, 1.807) is 12.1 Å². The first-order valence-corrected chi connectivity index (χ1v) is 8.35. The maximum atomic E-state index is 10.5. The van der Waals surface area contributed by atoms with Gasteiger partial charge in [0.1, 0.15) is 5.75 Å². The molecule has 1 aliphatic heterocycles. The molecule has 1 aromatic rings. The first kappa shape index (κ1) is 17.5. The number of rotatable bonds is 6. The van der Waals surface area contributed by atoms with Crippen molar-refractivity contribution in [1.29, 1.82) is 0 Å². The van der Waals surface area contributed by atoms with Crippen molar-refractivity contribution in [2.75, 3.05) is 26.2 Å². The summed E-state index contributed by atoms with van der Waals surface area (Å²) < 4.78 is 11.3. The van der Waals surface area contributed by atoms with Crippen LogP contribution >= 0.6 is 11.6 Å². The minimum absolute atomic E-state index is 0.242.